The largest absolute Gasteiger partial charge is 0.406 e. The third-order valence-corrected chi connectivity index (χ3v) is 6.40. The number of halogens is 1. The topological polar surface area (TPSA) is 84.5 Å². The SMILES string of the molecule is CCc1nc([N+](=O)[O-])c(N2CCN(C(=O)CSC)CC2)n1Cc1ccccc1.Clc1ccccc1. The van der Waals surface area contributed by atoms with Gasteiger partial charge in [-0.15, -0.1) is 0 Å². The molecule has 4 rings (SSSR count). The number of piperazine rings is 1. The number of anilines is 1. The summed E-state index contributed by atoms with van der Waals surface area (Å²) in [6.07, 6.45) is 2.52. The van der Waals surface area contributed by atoms with Crippen molar-refractivity contribution in [3.8, 4) is 0 Å². The van der Waals surface area contributed by atoms with E-state index in [-0.39, 0.29) is 11.7 Å². The van der Waals surface area contributed by atoms with E-state index in [1.165, 1.54) is 11.8 Å². The lowest BCUT2D eigenvalue weighted by Gasteiger charge is -2.35. The Bertz CT molecular complexity index is 1100. The fourth-order valence-electron chi connectivity index (χ4n) is 3.91. The maximum absolute atomic E-state index is 12.1. The van der Waals surface area contributed by atoms with Crippen molar-refractivity contribution in [3.05, 3.63) is 87.2 Å². The third-order valence-electron chi connectivity index (χ3n) is 5.61. The van der Waals surface area contributed by atoms with Crippen LogP contribution in [0.3, 0.4) is 0 Å². The van der Waals surface area contributed by atoms with E-state index in [0.29, 0.717) is 56.5 Å². The number of hydrogen-bond donors (Lipinski definition) is 0. The first-order chi connectivity index (χ1) is 16.9. The molecule has 2 aromatic carbocycles. The fraction of sp³-hybridized carbons (Fsp3) is 0.360. The lowest BCUT2D eigenvalue weighted by atomic mass is 10.2. The summed E-state index contributed by atoms with van der Waals surface area (Å²) in [5.74, 6) is 1.73. The normalized spacial score (nSPS) is 13.2. The molecule has 0 atom stereocenters. The molecule has 1 amide bonds. The summed E-state index contributed by atoms with van der Waals surface area (Å²) in [5, 5.41) is 12.5. The van der Waals surface area contributed by atoms with Crippen LogP contribution in [0.25, 0.3) is 0 Å². The van der Waals surface area contributed by atoms with Crippen LogP contribution in [0, 0.1) is 10.1 Å². The van der Waals surface area contributed by atoms with Gasteiger partial charge in [-0.25, -0.2) is 0 Å². The van der Waals surface area contributed by atoms with Crippen LogP contribution < -0.4 is 4.90 Å². The molecule has 0 radical (unpaired) electrons. The predicted molar refractivity (Wildman–Crippen MR) is 142 cm³/mol. The molecule has 186 valence electrons. The predicted octanol–water partition coefficient (Wildman–Crippen LogP) is 4.75. The lowest BCUT2D eigenvalue weighted by molar-refractivity contribution is -0.388. The lowest BCUT2D eigenvalue weighted by Crippen LogP contribution is -2.50. The monoisotopic (exact) mass is 515 g/mol. The second-order valence-corrected chi connectivity index (χ2v) is 9.26. The van der Waals surface area contributed by atoms with Crippen LogP contribution in [0.2, 0.25) is 5.02 Å². The fourth-order valence-corrected chi connectivity index (χ4v) is 4.48. The first-order valence-corrected chi connectivity index (χ1v) is 13.2. The Morgan fingerprint density at radius 3 is 2.14 bits per heavy atom. The molecule has 0 spiro atoms. The highest BCUT2D eigenvalue weighted by molar-refractivity contribution is 7.99. The summed E-state index contributed by atoms with van der Waals surface area (Å²) in [5.41, 5.74) is 1.07. The van der Waals surface area contributed by atoms with Crippen LogP contribution in [-0.2, 0) is 17.8 Å². The molecular formula is C25H30ClN5O3S. The average Bonchev–Trinajstić information content (AvgIpc) is 3.24. The zero-order chi connectivity index (χ0) is 25.2. The van der Waals surface area contributed by atoms with E-state index >= 15 is 0 Å². The maximum Gasteiger partial charge on any atom is 0.406 e. The molecule has 1 aromatic heterocycles. The minimum atomic E-state index is -0.402. The Kier molecular flexibility index (Phi) is 9.98. The van der Waals surface area contributed by atoms with E-state index < -0.39 is 4.92 Å². The molecule has 10 heteroatoms. The first kappa shape index (κ1) is 26.6. The van der Waals surface area contributed by atoms with Crippen LogP contribution in [0.15, 0.2) is 60.7 Å². The summed E-state index contributed by atoms with van der Waals surface area (Å²) in [6.45, 7) is 4.74. The van der Waals surface area contributed by atoms with Crippen molar-refractivity contribution in [3.63, 3.8) is 0 Å². The molecule has 1 fully saturated rings. The number of aromatic nitrogens is 2. The molecule has 0 aliphatic carbocycles. The minimum absolute atomic E-state index is 0.100. The van der Waals surface area contributed by atoms with Gasteiger partial charge >= 0.3 is 5.82 Å². The molecule has 1 aliphatic heterocycles. The summed E-state index contributed by atoms with van der Waals surface area (Å²) < 4.78 is 1.95. The summed E-state index contributed by atoms with van der Waals surface area (Å²) in [6, 6.07) is 19.3. The van der Waals surface area contributed by atoms with Crippen LogP contribution in [-0.4, -0.2) is 63.5 Å². The van der Waals surface area contributed by atoms with Gasteiger partial charge in [0, 0.05) is 37.6 Å². The minimum Gasteiger partial charge on any atom is -0.358 e. The van der Waals surface area contributed by atoms with E-state index in [0.717, 1.165) is 10.6 Å². The van der Waals surface area contributed by atoms with Crippen LogP contribution in [0.1, 0.15) is 18.3 Å². The molecule has 1 aliphatic rings. The van der Waals surface area contributed by atoms with Gasteiger partial charge in [0.05, 0.1) is 12.3 Å². The molecule has 0 unspecified atom stereocenters. The number of amides is 1. The second-order valence-electron chi connectivity index (χ2n) is 7.95. The molecule has 1 saturated heterocycles. The Labute approximate surface area is 215 Å². The first-order valence-electron chi connectivity index (χ1n) is 11.4. The molecule has 0 bridgehead atoms. The highest BCUT2D eigenvalue weighted by Gasteiger charge is 2.33. The molecule has 2 heterocycles. The molecule has 35 heavy (non-hydrogen) atoms. The van der Waals surface area contributed by atoms with Crippen molar-refractivity contribution in [1.29, 1.82) is 0 Å². The number of nitrogens with zero attached hydrogens (tertiary/aromatic N) is 5. The number of carbonyl (C=O) groups excluding carboxylic acids is 1. The van der Waals surface area contributed by atoms with Gasteiger partial charge in [0.25, 0.3) is 0 Å². The van der Waals surface area contributed by atoms with Gasteiger partial charge in [0.1, 0.15) is 0 Å². The number of thioether (sulfide) groups is 1. The zero-order valence-electron chi connectivity index (χ0n) is 20.0. The summed E-state index contributed by atoms with van der Waals surface area (Å²) in [7, 11) is 0. The number of nitro groups is 1. The smallest absolute Gasteiger partial charge is 0.358 e. The van der Waals surface area contributed by atoms with E-state index in [9.17, 15) is 14.9 Å². The van der Waals surface area contributed by atoms with E-state index in [4.69, 9.17) is 11.6 Å². The van der Waals surface area contributed by atoms with Crippen molar-refractivity contribution in [1.82, 2.24) is 14.5 Å². The van der Waals surface area contributed by atoms with Gasteiger partial charge in [-0.05, 0) is 33.9 Å². The van der Waals surface area contributed by atoms with E-state index in [2.05, 4.69) is 4.98 Å². The van der Waals surface area contributed by atoms with Crippen molar-refractivity contribution < 1.29 is 9.72 Å². The van der Waals surface area contributed by atoms with Crippen LogP contribution in [0.5, 0.6) is 0 Å². The Morgan fingerprint density at radius 1 is 1.06 bits per heavy atom. The highest BCUT2D eigenvalue weighted by atomic mass is 35.5. The average molecular weight is 516 g/mol. The molecule has 3 aromatic rings. The summed E-state index contributed by atoms with van der Waals surface area (Å²) >= 11 is 7.05. The highest BCUT2D eigenvalue weighted by Crippen LogP contribution is 2.31. The van der Waals surface area contributed by atoms with Gasteiger partial charge in [0.2, 0.25) is 17.5 Å². The molecule has 0 N–H and O–H groups in total. The van der Waals surface area contributed by atoms with Gasteiger partial charge in [-0.3, -0.25) is 9.36 Å². The maximum atomic E-state index is 12.1. The molecule has 8 nitrogen and oxygen atoms in total. The number of hydrogen-bond acceptors (Lipinski definition) is 6. The van der Waals surface area contributed by atoms with E-state index in [1.54, 1.807) is 0 Å². The van der Waals surface area contributed by atoms with Gasteiger partial charge in [-0.2, -0.15) is 11.8 Å². The second kappa shape index (κ2) is 13.2. The molecular weight excluding hydrogens is 486 g/mol. The quantitative estimate of drug-likeness (QED) is 0.333. The van der Waals surface area contributed by atoms with Crippen molar-refractivity contribution >= 4 is 40.9 Å². The van der Waals surface area contributed by atoms with Crippen LogP contribution in [0.4, 0.5) is 11.6 Å². The standard InChI is InChI=1S/C19H25N5O3S.C6H5Cl/c1-3-16-20-18(24(26)27)19(23(16)13-15-7-5-4-6-8-15)22-11-9-21(10-12-22)17(25)14-28-2;7-6-4-2-1-3-5-6/h4-8H,3,9-14H2,1-2H3;1-5H. The van der Waals surface area contributed by atoms with Gasteiger partial charge in [0.15, 0.2) is 0 Å². The van der Waals surface area contributed by atoms with E-state index in [1.807, 2.05) is 88.2 Å². The summed E-state index contributed by atoms with van der Waals surface area (Å²) in [4.78, 5) is 31.6. The number of carbonyl (C=O) groups is 1. The van der Waals surface area contributed by atoms with Gasteiger partial charge < -0.3 is 19.9 Å². The van der Waals surface area contributed by atoms with Crippen molar-refractivity contribution in [2.24, 2.45) is 0 Å². The zero-order valence-corrected chi connectivity index (χ0v) is 21.5. The number of aryl methyl sites for hydroxylation is 1. The Balaban J connectivity index is 0.000000420. The van der Waals surface area contributed by atoms with Crippen molar-refractivity contribution in [2.45, 2.75) is 19.9 Å². The number of rotatable bonds is 7. The Morgan fingerprint density at radius 2 is 1.66 bits per heavy atom. The Hall–Kier alpha value is -3.04. The van der Waals surface area contributed by atoms with Crippen molar-refractivity contribution in [2.75, 3.05) is 43.1 Å². The number of benzene rings is 2. The third kappa shape index (κ3) is 7.22. The van der Waals surface area contributed by atoms with Gasteiger partial charge in [-0.1, -0.05) is 67.1 Å². The van der Waals surface area contributed by atoms with Crippen LogP contribution >= 0.6 is 23.4 Å². The number of imidazole rings is 1. The molecule has 0 saturated carbocycles.